The van der Waals surface area contributed by atoms with E-state index >= 15 is 0 Å². The number of hydrogen-bond acceptors (Lipinski definition) is 3. The minimum Gasteiger partial charge on any atom is -0.493 e. The number of aryl methyl sites for hydroxylation is 2. The van der Waals surface area contributed by atoms with Crippen molar-refractivity contribution in [3.63, 3.8) is 0 Å². The molecular formula is C19H21NO3. The molecule has 0 saturated carbocycles. The van der Waals surface area contributed by atoms with Crippen molar-refractivity contribution in [3.05, 3.63) is 45.2 Å². The molecule has 0 amide bonds. The second kappa shape index (κ2) is 5.44. The van der Waals surface area contributed by atoms with Gasteiger partial charge in [0.1, 0.15) is 0 Å². The molecule has 0 spiro atoms. The molecule has 0 atom stereocenters. The number of pyridine rings is 1. The van der Waals surface area contributed by atoms with Crippen molar-refractivity contribution in [2.24, 2.45) is 0 Å². The van der Waals surface area contributed by atoms with Crippen LogP contribution in [0.5, 0.6) is 11.5 Å². The van der Waals surface area contributed by atoms with E-state index in [0.29, 0.717) is 5.75 Å². The van der Waals surface area contributed by atoms with Gasteiger partial charge in [0, 0.05) is 17.7 Å². The Balaban J connectivity index is 1.96. The maximum absolute atomic E-state index is 12.9. The lowest BCUT2D eigenvalue weighted by Crippen LogP contribution is -2.31. The summed E-state index contributed by atoms with van der Waals surface area (Å²) in [5, 5.41) is 0. The quantitative estimate of drug-likeness (QED) is 0.856. The molecule has 0 N–H and O–H groups in total. The van der Waals surface area contributed by atoms with Crippen LogP contribution in [0.4, 0.5) is 0 Å². The van der Waals surface area contributed by atoms with Crippen molar-refractivity contribution in [2.45, 2.75) is 38.6 Å². The molecule has 0 fully saturated rings. The predicted molar refractivity (Wildman–Crippen MR) is 89.6 cm³/mol. The molecular weight excluding hydrogens is 290 g/mol. The van der Waals surface area contributed by atoms with Crippen LogP contribution in [-0.4, -0.2) is 18.8 Å². The van der Waals surface area contributed by atoms with Crippen LogP contribution < -0.4 is 15.0 Å². The molecule has 2 aromatic rings. The van der Waals surface area contributed by atoms with Crippen LogP contribution in [0.25, 0.3) is 11.3 Å². The molecule has 0 radical (unpaired) electrons. The van der Waals surface area contributed by atoms with Gasteiger partial charge >= 0.3 is 0 Å². The molecule has 2 aliphatic rings. The lowest BCUT2D eigenvalue weighted by Gasteiger charge is -2.26. The van der Waals surface area contributed by atoms with E-state index < -0.39 is 0 Å². The van der Waals surface area contributed by atoms with Crippen LogP contribution in [0.15, 0.2) is 23.0 Å². The number of nitrogens with zero attached hydrogens (tertiary/aromatic N) is 1. The molecule has 0 unspecified atom stereocenters. The second-order valence-corrected chi connectivity index (χ2v) is 6.31. The van der Waals surface area contributed by atoms with Gasteiger partial charge in [-0.1, -0.05) is 0 Å². The van der Waals surface area contributed by atoms with Gasteiger partial charge in [-0.2, -0.15) is 0 Å². The van der Waals surface area contributed by atoms with Gasteiger partial charge in [0.2, 0.25) is 0 Å². The van der Waals surface area contributed by atoms with Crippen LogP contribution in [0.1, 0.15) is 29.5 Å². The smallest absolute Gasteiger partial charge is 0.254 e. The highest BCUT2D eigenvalue weighted by Crippen LogP contribution is 2.38. The molecule has 4 nitrogen and oxygen atoms in total. The largest absolute Gasteiger partial charge is 0.493 e. The van der Waals surface area contributed by atoms with E-state index in [1.54, 1.807) is 14.2 Å². The number of benzene rings is 1. The molecule has 4 heteroatoms. The van der Waals surface area contributed by atoms with Crippen molar-refractivity contribution in [2.75, 3.05) is 14.2 Å². The van der Waals surface area contributed by atoms with E-state index in [1.165, 1.54) is 17.5 Å². The third-order valence-corrected chi connectivity index (χ3v) is 5.11. The Kier molecular flexibility index (Phi) is 3.40. The van der Waals surface area contributed by atoms with E-state index in [4.69, 9.17) is 9.47 Å². The van der Waals surface area contributed by atoms with E-state index in [9.17, 15) is 4.79 Å². The van der Waals surface area contributed by atoms with Gasteiger partial charge in [-0.3, -0.25) is 4.79 Å². The maximum Gasteiger partial charge on any atom is 0.254 e. The molecule has 120 valence electrons. The Bertz CT molecular complexity index is 835. The van der Waals surface area contributed by atoms with Crippen LogP contribution in [-0.2, 0) is 25.8 Å². The number of hydrogen-bond donors (Lipinski definition) is 0. The molecule has 1 aromatic heterocycles. The zero-order valence-corrected chi connectivity index (χ0v) is 13.6. The minimum absolute atomic E-state index is 0.206. The number of methoxy groups -OCH3 is 2. The topological polar surface area (TPSA) is 40.5 Å². The first-order valence-corrected chi connectivity index (χ1v) is 8.24. The highest BCUT2D eigenvalue weighted by Gasteiger charge is 2.24. The average molecular weight is 311 g/mol. The normalized spacial score (nSPS) is 15.4. The monoisotopic (exact) mass is 311 g/mol. The number of aromatic nitrogens is 1. The van der Waals surface area contributed by atoms with Gasteiger partial charge in [-0.25, -0.2) is 0 Å². The molecule has 0 saturated heterocycles. The maximum atomic E-state index is 12.9. The number of fused-ring (bicyclic) bond motifs is 4. The van der Waals surface area contributed by atoms with Gasteiger partial charge in [0.05, 0.1) is 19.9 Å². The third-order valence-electron chi connectivity index (χ3n) is 5.11. The first-order valence-electron chi connectivity index (χ1n) is 8.24. The van der Waals surface area contributed by atoms with Crippen molar-refractivity contribution in [1.82, 2.24) is 4.57 Å². The summed E-state index contributed by atoms with van der Waals surface area (Å²) in [5.41, 5.74) is 5.81. The lowest BCUT2D eigenvalue weighted by atomic mass is 9.89. The Morgan fingerprint density at radius 2 is 1.65 bits per heavy atom. The summed E-state index contributed by atoms with van der Waals surface area (Å²) in [6.07, 6.45) is 5.09. The fraction of sp³-hybridized carbons (Fsp3) is 0.421. The molecule has 2 heterocycles. The van der Waals surface area contributed by atoms with Gasteiger partial charge in [0.25, 0.3) is 5.56 Å². The zero-order valence-electron chi connectivity index (χ0n) is 13.6. The average Bonchev–Trinajstić information content (AvgIpc) is 2.60. The third kappa shape index (κ3) is 2.16. The molecule has 1 aliphatic heterocycles. The van der Waals surface area contributed by atoms with Crippen LogP contribution in [0.3, 0.4) is 0 Å². The summed E-state index contributed by atoms with van der Waals surface area (Å²) in [6.45, 7) is 0.740. The zero-order chi connectivity index (χ0) is 16.0. The number of ether oxygens (including phenoxy) is 2. The van der Waals surface area contributed by atoms with Gasteiger partial charge in [-0.15, -0.1) is 0 Å². The van der Waals surface area contributed by atoms with Crippen molar-refractivity contribution in [3.8, 4) is 22.8 Å². The van der Waals surface area contributed by atoms with E-state index in [0.717, 1.165) is 54.8 Å². The predicted octanol–water partition coefficient (Wildman–Crippen LogP) is 2.97. The standard InChI is InChI=1S/C19H21NO3/c1-22-17-10-13-7-8-20-16(15(13)11-18(17)23-2)9-12-5-3-4-6-14(12)19(20)21/h9-11H,3-8H2,1-2H3. The van der Waals surface area contributed by atoms with Crippen molar-refractivity contribution in [1.29, 1.82) is 0 Å². The molecule has 4 rings (SSSR count). The van der Waals surface area contributed by atoms with Crippen molar-refractivity contribution >= 4 is 0 Å². The minimum atomic E-state index is 0.206. The van der Waals surface area contributed by atoms with Gasteiger partial charge < -0.3 is 14.0 Å². The molecule has 0 bridgehead atoms. The van der Waals surface area contributed by atoms with Crippen LogP contribution in [0, 0.1) is 0 Å². The van der Waals surface area contributed by atoms with E-state index in [2.05, 4.69) is 6.07 Å². The van der Waals surface area contributed by atoms with Gasteiger partial charge in [0.15, 0.2) is 11.5 Å². The summed E-state index contributed by atoms with van der Waals surface area (Å²) < 4.78 is 12.8. The lowest BCUT2D eigenvalue weighted by molar-refractivity contribution is 0.354. The van der Waals surface area contributed by atoms with Crippen LogP contribution >= 0.6 is 0 Å². The Hall–Kier alpha value is -2.23. The highest BCUT2D eigenvalue weighted by atomic mass is 16.5. The first kappa shape index (κ1) is 14.4. The fourth-order valence-corrected chi connectivity index (χ4v) is 3.89. The molecule has 1 aromatic carbocycles. The molecule has 1 aliphatic carbocycles. The Labute approximate surface area is 135 Å². The second-order valence-electron chi connectivity index (χ2n) is 6.31. The summed E-state index contributed by atoms with van der Waals surface area (Å²) >= 11 is 0. The first-order chi connectivity index (χ1) is 11.2. The summed E-state index contributed by atoms with van der Waals surface area (Å²) in [6, 6.07) is 6.27. The highest BCUT2D eigenvalue weighted by molar-refractivity contribution is 5.71. The van der Waals surface area contributed by atoms with Crippen LogP contribution in [0.2, 0.25) is 0 Å². The summed E-state index contributed by atoms with van der Waals surface area (Å²) in [5.74, 6) is 1.46. The Morgan fingerprint density at radius 3 is 2.43 bits per heavy atom. The number of rotatable bonds is 2. The fourth-order valence-electron chi connectivity index (χ4n) is 3.89. The van der Waals surface area contributed by atoms with E-state index in [-0.39, 0.29) is 5.56 Å². The summed E-state index contributed by atoms with van der Waals surface area (Å²) in [7, 11) is 3.30. The van der Waals surface area contributed by atoms with E-state index in [1.807, 2.05) is 16.7 Å². The Morgan fingerprint density at radius 1 is 0.913 bits per heavy atom. The van der Waals surface area contributed by atoms with Crippen molar-refractivity contribution < 1.29 is 9.47 Å². The molecule has 23 heavy (non-hydrogen) atoms. The SMILES string of the molecule is COc1cc2c(cc1OC)-c1cc3c(c(=O)n1CC2)CCCC3. The van der Waals surface area contributed by atoms with Gasteiger partial charge in [-0.05, 0) is 61.4 Å². The summed E-state index contributed by atoms with van der Waals surface area (Å²) in [4.78, 5) is 12.9.